The average Bonchev–Trinajstić information content (AvgIpc) is 2.28. The first-order chi connectivity index (χ1) is 8.16. The van der Waals surface area contributed by atoms with Gasteiger partial charge in [-0.3, -0.25) is 9.89 Å². The average molecular weight is 311 g/mol. The Morgan fingerprint density at radius 3 is 3.06 bits per heavy atom. The van der Waals surface area contributed by atoms with Gasteiger partial charge in [-0.05, 0) is 29.9 Å². The second kappa shape index (κ2) is 5.15. The SMILES string of the molecule is O=c1cn[nH]c(=S)n1/N=C\c1cccc(Br)c1. The first-order valence-electron chi connectivity index (χ1n) is 4.63. The number of nitrogens with one attached hydrogen (secondary N) is 1. The highest BCUT2D eigenvalue weighted by molar-refractivity contribution is 9.10. The van der Waals surface area contributed by atoms with Gasteiger partial charge >= 0.3 is 0 Å². The zero-order chi connectivity index (χ0) is 12.3. The number of rotatable bonds is 2. The van der Waals surface area contributed by atoms with Crippen molar-refractivity contribution in [3.05, 3.63) is 55.6 Å². The second-order valence-electron chi connectivity index (χ2n) is 3.12. The molecular formula is C10H7BrN4OS. The lowest BCUT2D eigenvalue weighted by molar-refractivity contribution is 0.738. The number of nitrogens with zero attached hydrogens (tertiary/aromatic N) is 3. The highest BCUT2D eigenvalue weighted by Crippen LogP contribution is 2.09. The van der Waals surface area contributed by atoms with Crippen molar-refractivity contribution in [3.8, 4) is 0 Å². The Morgan fingerprint density at radius 1 is 1.53 bits per heavy atom. The molecule has 17 heavy (non-hydrogen) atoms. The normalized spacial score (nSPS) is 10.9. The molecule has 0 saturated heterocycles. The molecule has 2 rings (SSSR count). The molecule has 0 unspecified atom stereocenters. The first kappa shape index (κ1) is 11.9. The minimum Gasteiger partial charge on any atom is -0.265 e. The molecule has 0 bridgehead atoms. The zero-order valence-corrected chi connectivity index (χ0v) is 10.9. The van der Waals surface area contributed by atoms with E-state index in [1.165, 1.54) is 0 Å². The highest BCUT2D eigenvalue weighted by Gasteiger charge is 1.95. The van der Waals surface area contributed by atoms with Crippen molar-refractivity contribution < 1.29 is 0 Å². The molecule has 7 heteroatoms. The van der Waals surface area contributed by atoms with Crippen LogP contribution >= 0.6 is 28.1 Å². The summed E-state index contributed by atoms with van der Waals surface area (Å²) in [6, 6.07) is 7.53. The van der Waals surface area contributed by atoms with E-state index in [9.17, 15) is 4.79 Å². The Kier molecular flexibility index (Phi) is 3.60. The second-order valence-corrected chi connectivity index (χ2v) is 4.43. The fourth-order valence-corrected chi connectivity index (χ4v) is 1.77. The van der Waals surface area contributed by atoms with Gasteiger partial charge in [0.2, 0.25) is 4.77 Å². The van der Waals surface area contributed by atoms with Crippen LogP contribution in [0, 0.1) is 4.77 Å². The van der Waals surface area contributed by atoms with Crippen molar-refractivity contribution in [1.29, 1.82) is 0 Å². The molecule has 86 valence electrons. The number of hydrogen-bond donors (Lipinski definition) is 1. The molecule has 0 spiro atoms. The smallest absolute Gasteiger partial charge is 0.265 e. The zero-order valence-electron chi connectivity index (χ0n) is 8.50. The minimum absolute atomic E-state index is 0.156. The number of aromatic amines is 1. The molecule has 0 amide bonds. The van der Waals surface area contributed by atoms with Gasteiger partial charge in [0.15, 0.2) is 0 Å². The van der Waals surface area contributed by atoms with E-state index >= 15 is 0 Å². The molecule has 1 aromatic carbocycles. The van der Waals surface area contributed by atoms with Crippen molar-refractivity contribution in [2.45, 2.75) is 0 Å². The van der Waals surface area contributed by atoms with E-state index in [2.05, 4.69) is 31.2 Å². The Bertz CT molecular complexity index is 648. The quantitative estimate of drug-likeness (QED) is 0.681. The standard InChI is InChI=1S/C10H7BrN4OS/c11-8-3-1-2-7(4-8)5-13-15-9(16)6-12-14-10(15)17/h1-6H,(H,14,17)/b13-5-. The highest BCUT2D eigenvalue weighted by atomic mass is 79.9. The van der Waals surface area contributed by atoms with Gasteiger partial charge < -0.3 is 0 Å². The molecule has 0 atom stereocenters. The van der Waals surface area contributed by atoms with Crippen LogP contribution in [0.3, 0.4) is 0 Å². The summed E-state index contributed by atoms with van der Waals surface area (Å²) in [5, 5.41) is 10.1. The van der Waals surface area contributed by atoms with Gasteiger partial charge in [0, 0.05) is 4.47 Å². The van der Waals surface area contributed by atoms with Gasteiger partial charge in [-0.2, -0.15) is 14.9 Å². The van der Waals surface area contributed by atoms with Crippen LogP contribution in [0.5, 0.6) is 0 Å². The van der Waals surface area contributed by atoms with Gasteiger partial charge in [0.25, 0.3) is 5.56 Å². The Hall–Kier alpha value is -1.60. The van der Waals surface area contributed by atoms with Crippen LogP contribution in [0.1, 0.15) is 5.56 Å². The number of aromatic nitrogens is 3. The van der Waals surface area contributed by atoms with Crippen molar-refractivity contribution in [2.75, 3.05) is 0 Å². The maximum atomic E-state index is 11.4. The van der Waals surface area contributed by atoms with E-state index in [0.717, 1.165) is 20.9 Å². The molecule has 0 fully saturated rings. The third-order valence-corrected chi connectivity index (χ3v) is 2.66. The maximum absolute atomic E-state index is 11.4. The van der Waals surface area contributed by atoms with Gasteiger partial charge in [-0.1, -0.05) is 28.1 Å². The van der Waals surface area contributed by atoms with E-state index in [4.69, 9.17) is 12.2 Å². The summed E-state index contributed by atoms with van der Waals surface area (Å²) in [4.78, 5) is 11.4. The predicted molar refractivity (Wildman–Crippen MR) is 70.8 cm³/mol. The predicted octanol–water partition coefficient (Wildman–Crippen LogP) is 1.95. The summed E-state index contributed by atoms with van der Waals surface area (Å²) in [5.74, 6) is 0. The van der Waals surface area contributed by atoms with Crippen LogP contribution in [0.4, 0.5) is 0 Å². The van der Waals surface area contributed by atoms with Crippen LogP contribution in [0.15, 0.2) is 44.8 Å². The van der Waals surface area contributed by atoms with Crippen LogP contribution < -0.4 is 5.56 Å². The molecule has 1 N–H and O–H groups in total. The van der Waals surface area contributed by atoms with Crippen LogP contribution in [-0.4, -0.2) is 21.1 Å². The van der Waals surface area contributed by atoms with Crippen molar-refractivity contribution in [3.63, 3.8) is 0 Å². The van der Waals surface area contributed by atoms with Crippen LogP contribution in [0.2, 0.25) is 0 Å². The van der Waals surface area contributed by atoms with E-state index in [1.807, 2.05) is 24.3 Å². The summed E-state index contributed by atoms with van der Waals surface area (Å²) >= 11 is 8.25. The van der Waals surface area contributed by atoms with Gasteiger partial charge in [0.05, 0.1) is 6.21 Å². The minimum atomic E-state index is -0.375. The molecule has 0 aliphatic heterocycles. The topological polar surface area (TPSA) is 63.0 Å². The Morgan fingerprint density at radius 2 is 2.35 bits per heavy atom. The molecule has 0 radical (unpaired) electrons. The molecule has 2 aromatic rings. The molecular weight excluding hydrogens is 304 g/mol. The molecule has 0 saturated carbocycles. The van der Waals surface area contributed by atoms with Crippen molar-refractivity contribution in [1.82, 2.24) is 14.9 Å². The van der Waals surface area contributed by atoms with Gasteiger partial charge in [0.1, 0.15) is 6.20 Å². The first-order valence-corrected chi connectivity index (χ1v) is 5.83. The summed E-state index contributed by atoms with van der Waals surface area (Å²) in [6.07, 6.45) is 2.67. The third kappa shape index (κ3) is 2.95. The van der Waals surface area contributed by atoms with Crippen molar-refractivity contribution in [2.24, 2.45) is 5.10 Å². The van der Waals surface area contributed by atoms with Gasteiger partial charge in [-0.25, -0.2) is 0 Å². The lowest BCUT2D eigenvalue weighted by Crippen LogP contribution is -2.18. The largest absolute Gasteiger partial charge is 0.293 e. The monoisotopic (exact) mass is 310 g/mol. The number of hydrogen-bond acceptors (Lipinski definition) is 4. The molecule has 1 aromatic heterocycles. The summed E-state index contributed by atoms with van der Waals surface area (Å²) in [5.41, 5.74) is 0.484. The lowest BCUT2D eigenvalue weighted by Gasteiger charge is -1.97. The van der Waals surface area contributed by atoms with E-state index < -0.39 is 0 Å². The lowest BCUT2D eigenvalue weighted by atomic mass is 10.2. The molecule has 5 nitrogen and oxygen atoms in total. The Balaban J connectivity index is 2.39. The molecule has 1 heterocycles. The number of H-pyrrole nitrogens is 1. The number of benzene rings is 1. The Labute approximate surface area is 110 Å². The fourth-order valence-electron chi connectivity index (χ4n) is 1.17. The summed E-state index contributed by atoms with van der Waals surface area (Å²) in [6.45, 7) is 0. The number of halogens is 1. The van der Waals surface area contributed by atoms with Crippen LogP contribution in [0.25, 0.3) is 0 Å². The third-order valence-electron chi connectivity index (χ3n) is 1.91. The van der Waals surface area contributed by atoms with Crippen LogP contribution in [-0.2, 0) is 0 Å². The van der Waals surface area contributed by atoms with Crippen molar-refractivity contribution >= 4 is 34.4 Å². The van der Waals surface area contributed by atoms with E-state index in [0.29, 0.717) is 0 Å². The maximum Gasteiger partial charge on any atom is 0.293 e. The van der Waals surface area contributed by atoms with E-state index in [1.54, 1.807) is 6.21 Å². The molecule has 0 aliphatic rings. The summed E-state index contributed by atoms with van der Waals surface area (Å²) < 4.78 is 2.17. The molecule has 0 aliphatic carbocycles. The van der Waals surface area contributed by atoms with Gasteiger partial charge in [-0.15, -0.1) is 0 Å². The summed E-state index contributed by atoms with van der Waals surface area (Å²) in [7, 11) is 0. The fraction of sp³-hybridized carbons (Fsp3) is 0. The van der Waals surface area contributed by atoms with E-state index in [-0.39, 0.29) is 10.3 Å².